The Labute approximate surface area is 139 Å². The van der Waals surface area contributed by atoms with Crippen molar-refractivity contribution >= 4 is 5.78 Å². The van der Waals surface area contributed by atoms with Gasteiger partial charge in [0.05, 0.1) is 6.10 Å². The van der Waals surface area contributed by atoms with Crippen molar-refractivity contribution in [3.63, 3.8) is 0 Å². The number of epoxide rings is 1. The van der Waals surface area contributed by atoms with Crippen molar-refractivity contribution in [2.75, 3.05) is 0 Å². The second-order valence-electron chi connectivity index (χ2n) is 8.02. The first kappa shape index (κ1) is 16.7. The van der Waals surface area contributed by atoms with Gasteiger partial charge in [-0.3, -0.25) is 4.79 Å². The van der Waals surface area contributed by atoms with E-state index in [1.165, 1.54) is 5.57 Å². The quantitative estimate of drug-likeness (QED) is 0.547. The molecule has 0 saturated carbocycles. The van der Waals surface area contributed by atoms with Crippen LogP contribution in [0.5, 0.6) is 0 Å². The standard InChI is InChI=1S/C20H28O3/c1-12-7-6-9-20(5)18(23-20)17(22)15-11-16(21)14(3)19(4,10-8-12)13(15)2/h7,11,14,16,18,21H,2,6,8-10H2,1,3-5H3/b12-7+/t14-,16+,18+,19-,20+/m0/s1. The molecule has 0 amide bonds. The van der Waals surface area contributed by atoms with Crippen LogP contribution in [0.4, 0.5) is 0 Å². The first-order valence-corrected chi connectivity index (χ1v) is 8.66. The third-order valence-electron chi connectivity index (χ3n) is 6.43. The van der Waals surface area contributed by atoms with E-state index in [4.69, 9.17) is 4.74 Å². The van der Waals surface area contributed by atoms with Gasteiger partial charge in [-0.25, -0.2) is 0 Å². The lowest BCUT2D eigenvalue weighted by Crippen LogP contribution is -2.41. The van der Waals surface area contributed by atoms with Gasteiger partial charge in [0.1, 0.15) is 11.7 Å². The lowest BCUT2D eigenvalue weighted by Gasteiger charge is -2.44. The number of carbonyl (C=O) groups excluding carboxylic acids is 1. The van der Waals surface area contributed by atoms with Crippen molar-refractivity contribution in [1.29, 1.82) is 0 Å². The zero-order valence-corrected chi connectivity index (χ0v) is 14.7. The highest BCUT2D eigenvalue weighted by atomic mass is 16.6. The fourth-order valence-electron chi connectivity index (χ4n) is 4.05. The molecule has 0 spiro atoms. The SMILES string of the molecule is C=C1C2=C[C@@H](O)[C@H](C)[C@@]1(C)CC/C(C)=C/CC[C@@]1(C)O[C@@H]1C2=O. The molecule has 0 aromatic heterocycles. The maximum Gasteiger partial charge on any atom is 0.194 e. The summed E-state index contributed by atoms with van der Waals surface area (Å²) >= 11 is 0. The predicted octanol–water partition coefficient (Wildman–Crippen LogP) is 3.73. The number of hydrogen-bond donors (Lipinski definition) is 1. The van der Waals surface area contributed by atoms with Crippen LogP contribution in [-0.2, 0) is 9.53 Å². The van der Waals surface area contributed by atoms with Gasteiger partial charge in [0, 0.05) is 5.57 Å². The molecule has 1 fully saturated rings. The van der Waals surface area contributed by atoms with Crippen LogP contribution in [0.3, 0.4) is 0 Å². The summed E-state index contributed by atoms with van der Waals surface area (Å²) in [5.41, 5.74) is 2.20. The summed E-state index contributed by atoms with van der Waals surface area (Å²) in [6, 6.07) is 0. The summed E-state index contributed by atoms with van der Waals surface area (Å²) in [4.78, 5) is 12.9. The summed E-state index contributed by atoms with van der Waals surface area (Å²) in [5, 5.41) is 10.5. The molecule has 0 aromatic carbocycles. The molecule has 1 saturated heterocycles. The Morgan fingerprint density at radius 3 is 2.74 bits per heavy atom. The normalized spacial score (nSPS) is 46.7. The van der Waals surface area contributed by atoms with E-state index in [1.807, 2.05) is 6.92 Å². The van der Waals surface area contributed by atoms with Crippen molar-refractivity contribution < 1.29 is 14.6 Å². The van der Waals surface area contributed by atoms with E-state index in [0.29, 0.717) is 5.57 Å². The molecule has 1 N–H and O–H groups in total. The third kappa shape index (κ3) is 2.64. The van der Waals surface area contributed by atoms with Gasteiger partial charge in [-0.2, -0.15) is 0 Å². The topological polar surface area (TPSA) is 49.8 Å². The van der Waals surface area contributed by atoms with E-state index in [-0.39, 0.29) is 28.8 Å². The van der Waals surface area contributed by atoms with Crippen molar-refractivity contribution in [2.24, 2.45) is 11.3 Å². The van der Waals surface area contributed by atoms with E-state index in [9.17, 15) is 9.90 Å². The molecule has 3 aliphatic rings. The molecule has 3 rings (SSSR count). The van der Waals surface area contributed by atoms with Gasteiger partial charge in [-0.15, -0.1) is 0 Å². The molecular weight excluding hydrogens is 288 g/mol. The van der Waals surface area contributed by atoms with E-state index >= 15 is 0 Å². The van der Waals surface area contributed by atoms with Crippen LogP contribution in [0.25, 0.3) is 0 Å². The van der Waals surface area contributed by atoms with Crippen LogP contribution in [-0.4, -0.2) is 28.7 Å². The fraction of sp³-hybridized carbons (Fsp3) is 0.650. The van der Waals surface area contributed by atoms with Gasteiger partial charge in [-0.05, 0) is 62.5 Å². The Kier molecular flexibility index (Phi) is 3.93. The fourth-order valence-corrected chi connectivity index (χ4v) is 4.05. The smallest absolute Gasteiger partial charge is 0.194 e. The second kappa shape index (κ2) is 5.42. The molecule has 0 radical (unpaired) electrons. The van der Waals surface area contributed by atoms with Crippen LogP contribution >= 0.6 is 0 Å². The Hall–Kier alpha value is -1.19. The summed E-state index contributed by atoms with van der Waals surface area (Å²) in [7, 11) is 0. The molecule has 3 heteroatoms. The Morgan fingerprint density at radius 2 is 2.04 bits per heavy atom. The van der Waals surface area contributed by atoms with Crippen LogP contribution in [0, 0.1) is 11.3 Å². The third-order valence-corrected chi connectivity index (χ3v) is 6.43. The molecule has 5 atom stereocenters. The minimum absolute atomic E-state index is 0.00375. The second-order valence-corrected chi connectivity index (χ2v) is 8.02. The molecule has 126 valence electrons. The Bertz CT molecular complexity index is 614. The number of ether oxygens (including phenoxy) is 1. The molecular formula is C20H28O3. The van der Waals surface area contributed by atoms with Crippen molar-refractivity contribution in [1.82, 2.24) is 0 Å². The molecule has 1 heterocycles. The Morgan fingerprint density at radius 1 is 1.35 bits per heavy atom. The zero-order valence-electron chi connectivity index (χ0n) is 14.7. The number of carbonyl (C=O) groups is 1. The summed E-state index contributed by atoms with van der Waals surface area (Å²) in [5.74, 6) is 0.0461. The van der Waals surface area contributed by atoms with E-state index < -0.39 is 6.10 Å². The molecule has 0 aromatic rings. The van der Waals surface area contributed by atoms with E-state index in [0.717, 1.165) is 31.3 Å². The number of aliphatic hydroxyl groups is 1. The monoisotopic (exact) mass is 316 g/mol. The number of allylic oxidation sites excluding steroid dienone is 3. The average molecular weight is 316 g/mol. The molecule has 3 nitrogen and oxygen atoms in total. The number of hydrogen-bond acceptors (Lipinski definition) is 3. The first-order valence-electron chi connectivity index (χ1n) is 8.66. The predicted molar refractivity (Wildman–Crippen MR) is 91.0 cm³/mol. The average Bonchev–Trinajstić information content (AvgIpc) is 3.17. The number of Topliss-reactive ketones (excluding diaryl/α,β-unsaturated/α-hetero) is 1. The van der Waals surface area contributed by atoms with Crippen molar-refractivity contribution in [3.05, 3.63) is 35.5 Å². The molecule has 2 bridgehead atoms. The number of rotatable bonds is 0. The van der Waals surface area contributed by atoms with Crippen LogP contribution in [0.1, 0.15) is 53.4 Å². The summed E-state index contributed by atoms with van der Waals surface area (Å²) < 4.78 is 5.76. The van der Waals surface area contributed by atoms with Gasteiger partial charge in [0.2, 0.25) is 0 Å². The maximum atomic E-state index is 12.9. The van der Waals surface area contributed by atoms with Crippen LogP contribution in [0.15, 0.2) is 35.5 Å². The molecule has 23 heavy (non-hydrogen) atoms. The minimum atomic E-state index is -0.610. The summed E-state index contributed by atoms with van der Waals surface area (Å²) in [6.45, 7) is 12.6. The van der Waals surface area contributed by atoms with Gasteiger partial charge >= 0.3 is 0 Å². The lowest BCUT2D eigenvalue weighted by atomic mass is 9.61. The van der Waals surface area contributed by atoms with Gasteiger partial charge < -0.3 is 9.84 Å². The molecule has 0 unspecified atom stereocenters. The van der Waals surface area contributed by atoms with E-state index in [2.05, 4.69) is 33.4 Å². The maximum absolute atomic E-state index is 12.9. The lowest BCUT2D eigenvalue weighted by molar-refractivity contribution is -0.117. The number of fused-ring (bicyclic) bond motifs is 3. The van der Waals surface area contributed by atoms with Gasteiger partial charge in [0.15, 0.2) is 5.78 Å². The number of aliphatic hydroxyl groups excluding tert-OH is 1. The van der Waals surface area contributed by atoms with Gasteiger partial charge in [-0.1, -0.05) is 32.1 Å². The number of ketones is 1. The van der Waals surface area contributed by atoms with Crippen LogP contribution in [0.2, 0.25) is 0 Å². The highest BCUT2D eigenvalue weighted by molar-refractivity contribution is 6.05. The van der Waals surface area contributed by atoms with Crippen molar-refractivity contribution in [3.8, 4) is 0 Å². The highest BCUT2D eigenvalue weighted by Crippen LogP contribution is 2.51. The largest absolute Gasteiger partial charge is 0.389 e. The minimum Gasteiger partial charge on any atom is -0.389 e. The zero-order chi connectivity index (χ0) is 17.0. The summed E-state index contributed by atoms with van der Waals surface area (Å²) in [6.07, 6.45) is 6.65. The van der Waals surface area contributed by atoms with Gasteiger partial charge in [0.25, 0.3) is 0 Å². The van der Waals surface area contributed by atoms with Crippen molar-refractivity contribution in [2.45, 2.75) is 71.2 Å². The Balaban J connectivity index is 2.03. The van der Waals surface area contributed by atoms with E-state index in [1.54, 1.807) is 6.08 Å². The molecule has 2 aliphatic carbocycles. The highest BCUT2D eigenvalue weighted by Gasteiger charge is 2.58. The van der Waals surface area contributed by atoms with Crippen LogP contribution < -0.4 is 0 Å². The molecule has 1 aliphatic heterocycles. The first-order chi connectivity index (χ1) is 10.7.